The monoisotopic (exact) mass is 381 g/mol. The van der Waals surface area contributed by atoms with E-state index in [1.165, 1.54) is 24.0 Å². The summed E-state index contributed by atoms with van der Waals surface area (Å²) in [5, 5.41) is 0. The molecule has 2 aliphatic rings. The van der Waals surface area contributed by atoms with Gasteiger partial charge in [-0.15, -0.1) is 0 Å². The van der Waals surface area contributed by atoms with Crippen LogP contribution in [-0.4, -0.2) is 67.4 Å². The number of benzene rings is 1. The van der Waals surface area contributed by atoms with Crippen LogP contribution in [0.2, 0.25) is 0 Å². The number of ether oxygens (including phenoxy) is 1. The van der Waals surface area contributed by atoms with Crippen molar-refractivity contribution in [2.75, 3.05) is 56.2 Å². The lowest BCUT2D eigenvalue weighted by Gasteiger charge is -2.38. The molecule has 2 aliphatic heterocycles. The highest BCUT2D eigenvalue weighted by atomic mass is 16.5. The van der Waals surface area contributed by atoms with Crippen molar-refractivity contribution in [2.45, 2.75) is 32.4 Å². The molecule has 28 heavy (non-hydrogen) atoms. The summed E-state index contributed by atoms with van der Waals surface area (Å²) in [6.45, 7) is 8.70. The first-order valence-corrected chi connectivity index (χ1v) is 10.4. The molecule has 1 atom stereocenters. The largest absolute Gasteiger partial charge is 0.378 e. The highest BCUT2D eigenvalue weighted by molar-refractivity contribution is 5.44. The molecule has 0 N–H and O–H groups in total. The topological polar surface area (TPSA) is 44.7 Å². The van der Waals surface area contributed by atoms with E-state index in [1.54, 1.807) is 0 Å². The molecule has 0 spiro atoms. The molecule has 4 rings (SSSR count). The number of likely N-dealkylation sites (N-methyl/N-ethyl adjacent to an activating group) is 1. The van der Waals surface area contributed by atoms with Gasteiger partial charge >= 0.3 is 0 Å². The zero-order chi connectivity index (χ0) is 19.3. The number of piperidine rings is 1. The molecule has 0 bridgehead atoms. The summed E-state index contributed by atoms with van der Waals surface area (Å²) in [6, 6.07) is 11.4. The molecule has 2 aromatic rings. The number of hydrogen-bond donors (Lipinski definition) is 0. The van der Waals surface area contributed by atoms with Crippen LogP contribution in [0.15, 0.2) is 36.5 Å². The van der Waals surface area contributed by atoms with Crippen molar-refractivity contribution in [2.24, 2.45) is 0 Å². The van der Waals surface area contributed by atoms with E-state index in [9.17, 15) is 0 Å². The van der Waals surface area contributed by atoms with Gasteiger partial charge in [0.15, 0.2) is 0 Å². The SMILES string of the molecule is Cc1ccc(CN2CCCC(N(C)c3nccc(N4CCOCC4)n3)C2)cc1. The van der Waals surface area contributed by atoms with Crippen LogP contribution in [0.5, 0.6) is 0 Å². The summed E-state index contributed by atoms with van der Waals surface area (Å²) < 4.78 is 5.46. The molecule has 2 fully saturated rings. The summed E-state index contributed by atoms with van der Waals surface area (Å²) in [6.07, 6.45) is 4.28. The molecule has 0 aliphatic carbocycles. The second-order valence-corrected chi connectivity index (χ2v) is 7.94. The van der Waals surface area contributed by atoms with Crippen LogP contribution < -0.4 is 9.80 Å². The molecule has 1 aromatic heterocycles. The lowest BCUT2D eigenvalue weighted by atomic mass is 10.0. The molecule has 3 heterocycles. The van der Waals surface area contributed by atoms with Crippen LogP contribution in [0.3, 0.4) is 0 Å². The first kappa shape index (κ1) is 19.2. The molecule has 1 unspecified atom stereocenters. The van der Waals surface area contributed by atoms with Crippen molar-refractivity contribution in [3.8, 4) is 0 Å². The molecule has 150 valence electrons. The van der Waals surface area contributed by atoms with E-state index >= 15 is 0 Å². The van der Waals surface area contributed by atoms with E-state index in [0.29, 0.717) is 6.04 Å². The quantitative estimate of drug-likeness (QED) is 0.794. The number of likely N-dealkylation sites (tertiary alicyclic amines) is 1. The number of nitrogens with zero attached hydrogens (tertiary/aromatic N) is 5. The minimum absolute atomic E-state index is 0.444. The zero-order valence-electron chi connectivity index (χ0n) is 17.0. The van der Waals surface area contributed by atoms with Crippen molar-refractivity contribution < 1.29 is 4.74 Å². The molecular formula is C22H31N5O. The maximum atomic E-state index is 5.46. The summed E-state index contributed by atoms with van der Waals surface area (Å²) >= 11 is 0. The minimum Gasteiger partial charge on any atom is -0.378 e. The predicted molar refractivity (Wildman–Crippen MR) is 113 cm³/mol. The van der Waals surface area contributed by atoms with Crippen LogP contribution in [0.4, 0.5) is 11.8 Å². The van der Waals surface area contributed by atoms with Gasteiger partial charge in [-0.25, -0.2) is 4.98 Å². The molecule has 6 nitrogen and oxygen atoms in total. The highest BCUT2D eigenvalue weighted by Gasteiger charge is 2.25. The third-order valence-corrected chi connectivity index (χ3v) is 5.83. The summed E-state index contributed by atoms with van der Waals surface area (Å²) in [5.74, 6) is 1.83. The number of aromatic nitrogens is 2. The highest BCUT2D eigenvalue weighted by Crippen LogP contribution is 2.22. The average molecular weight is 382 g/mol. The second kappa shape index (κ2) is 8.88. The lowest BCUT2D eigenvalue weighted by molar-refractivity contribution is 0.122. The van der Waals surface area contributed by atoms with Gasteiger partial charge in [0.25, 0.3) is 0 Å². The van der Waals surface area contributed by atoms with Gasteiger partial charge < -0.3 is 14.5 Å². The zero-order valence-corrected chi connectivity index (χ0v) is 17.0. The van der Waals surface area contributed by atoms with Gasteiger partial charge in [0.2, 0.25) is 5.95 Å². The van der Waals surface area contributed by atoms with E-state index in [2.05, 4.69) is 57.9 Å². The summed E-state index contributed by atoms with van der Waals surface area (Å²) in [4.78, 5) is 16.5. The van der Waals surface area contributed by atoms with E-state index in [4.69, 9.17) is 9.72 Å². The van der Waals surface area contributed by atoms with Crippen molar-refractivity contribution in [3.63, 3.8) is 0 Å². The fourth-order valence-corrected chi connectivity index (χ4v) is 4.08. The number of rotatable bonds is 5. The smallest absolute Gasteiger partial charge is 0.227 e. The molecule has 0 saturated carbocycles. The number of aryl methyl sites for hydroxylation is 1. The van der Waals surface area contributed by atoms with E-state index in [1.807, 2.05) is 12.3 Å². The van der Waals surface area contributed by atoms with E-state index in [-0.39, 0.29) is 0 Å². The number of anilines is 2. The third-order valence-electron chi connectivity index (χ3n) is 5.83. The first-order chi connectivity index (χ1) is 13.7. The van der Waals surface area contributed by atoms with Gasteiger partial charge in [-0.2, -0.15) is 4.98 Å². The summed E-state index contributed by atoms with van der Waals surface area (Å²) in [7, 11) is 2.14. The predicted octanol–water partition coefficient (Wildman–Crippen LogP) is 2.72. The Morgan fingerprint density at radius 3 is 2.68 bits per heavy atom. The van der Waals surface area contributed by atoms with Crippen molar-refractivity contribution in [1.82, 2.24) is 14.9 Å². The maximum Gasteiger partial charge on any atom is 0.227 e. The maximum absolute atomic E-state index is 5.46. The van der Waals surface area contributed by atoms with Gasteiger partial charge in [0, 0.05) is 45.5 Å². The fraction of sp³-hybridized carbons (Fsp3) is 0.545. The van der Waals surface area contributed by atoms with Crippen molar-refractivity contribution in [1.29, 1.82) is 0 Å². The fourth-order valence-electron chi connectivity index (χ4n) is 4.08. The number of morpholine rings is 1. The van der Waals surface area contributed by atoms with E-state index < -0.39 is 0 Å². The van der Waals surface area contributed by atoms with Gasteiger partial charge in [-0.1, -0.05) is 29.8 Å². The number of hydrogen-bond acceptors (Lipinski definition) is 6. The standard InChI is InChI=1S/C22H31N5O/c1-18-5-7-19(8-6-18)16-26-11-3-4-20(17-26)25(2)22-23-10-9-21(24-22)27-12-14-28-15-13-27/h5-10,20H,3-4,11-17H2,1-2H3. The third kappa shape index (κ3) is 4.62. The van der Waals surface area contributed by atoms with E-state index in [0.717, 1.165) is 57.7 Å². The van der Waals surface area contributed by atoms with Crippen molar-refractivity contribution in [3.05, 3.63) is 47.7 Å². The van der Waals surface area contributed by atoms with Crippen LogP contribution in [0.1, 0.15) is 24.0 Å². The van der Waals surface area contributed by atoms with Gasteiger partial charge in [0.1, 0.15) is 5.82 Å². The Hall–Kier alpha value is -2.18. The molecule has 0 radical (unpaired) electrons. The summed E-state index contributed by atoms with van der Waals surface area (Å²) in [5.41, 5.74) is 2.71. The molecule has 0 amide bonds. The Bertz CT molecular complexity index is 760. The lowest BCUT2D eigenvalue weighted by Crippen LogP contribution is -2.47. The van der Waals surface area contributed by atoms with Gasteiger partial charge in [-0.3, -0.25) is 4.90 Å². The Morgan fingerprint density at radius 1 is 1.11 bits per heavy atom. The van der Waals surface area contributed by atoms with Gasteiger partial charge in [0.05, 0.1) is 13.2 Å². The molecule has 6 heteroatoms. The van der Waals surface area contributed by atoms with Crippen LogP contribution in [0, 0.1) is 6.92 Å². The van der Waals surface area contributed by atoms with Crippen LogP contribution >= 0.6 is 0 Å². The Balaban J connectivity index is 1.41. The van der Waals surface area contributed by atoms with Crippen molar-refractivity contribution >= 4 is 11.8 Å². The molecule has 1 aromatic carbocycles. The van der Waals surface area contributed by atoms with Gasteiger partial charge in [-0.05, 0) is 37.9 Å². The molecular weight excluding hydrogens is 350 g/mol. The first-order valence-electron chi connectivity index (χ1n) is 10.4. The van der Waals surface area contributed by atoms with Crippen LogP contribution in [0.25, 0.3) is 0 Å². The Labute approximate surface area is 168 Å². The minimum atomic E-state index is 0.444. The molecule has 2 saturated heterocycles. The normalized spacial score (nSPS) is 20.9. The Kier molecular flexibility index (Phi) is 6.07. The Morgan fingerprint density at radius 2 is 1.89 bits per heavy atom. The average Bonchev–Trinajstić information content (AvgIpc) is 2.76. The van der Waals surface area contributed by atoms with Crippen LogP contribution in [-0.2, 0) is 11.3 Å². The second-order valence-electron chi connectivity index (χ2n) is 7.94.